The van der Waals surface area contributed by atoms with Gasteiger partial charge in [-0.25, -0.2) is 0 Å². The molecule has 0 radical (unpaired) electrons. The minimum Gasteiger partial charge on any atom is -0.368 e. The molecule has 0 saturated carbocycles. The molecule has 2 amide bonds. The SMILES string of the molecule is CN(CC(N)=O)C(=O)c1cccc2c1CCNC2. The number of primary amides is 1. The van der Waals surface area contributed by atoms with Gasteiger partial charge < -0.3 is 16.0 Å². The van der Waals surface area contributed by atoms with Crippen molar-refractivity contribution in [3.63, 3.8) is 0 Å². The van der Waals surface area contributed by atoms with E-state index in [0.717, 1.165) is 30.6 Å². The molecule has 0 bridgehead atoms. The number of likely N-dealkylation sites (N-methyl/N-ethyl adjacent to an activating group) is 1. The largest absolute Gasteiger partial charge is 0.368 e. The topological polar surface area (TPSA) is 75.4 Å². The van der Waals surface area contributed by atoms with Gasteiger partial charge >= 0.3 is 0 Å². The molecule has 0 aliphatic carbocycles. The molecule has 1 aliphatic rings. The monoisotopic (exact) mass is 247 g/mol. The average Bonchev–Trinajstić information content (AvgIpc) is 2.36. The molecular formula is C13H17N3O2. The summed E-state index contributed by atoms with van der Waals surface area (Å²) in [7, 11) is 1.59. The quantitative estimate of drug-likeness (QED) is 0.782. The molecule has 3 N–H and O–H groups in total. The summed E-state index contributed by atoms with van der Waals surface area (Å²) in [5, 5.41) is 3.27. The van der Waals surface area contributed by atoms with E-state index in [1.165, 1.54) is 4.90 Å². The molecule has 0 aromatic heterocycles. The lowest BCUT2D eigenvalue weighted by Crippen LogP contribution is -2.36. The van der Waals surface area contributed by atoms with Crippen LogP contribution in [0.15, 0.2) is 18.2 Å². The van der Waals surface area contributed by atoms with Crippen LogP contribution in [-0.4, -0.2) is 36.9 Å². The molecule has 0 atom stereocenters. The van der Waals surface area contributed by atoms with E-state index in [4.69, 9.17) is 5.73 Å². The minimum atomic E-state index is -0.502. The van der Waals surface area contributed by atoms with Crippen LogP contribution in [0, 0.1) is 0 Å². The van der Waals surface area contributed by atoms with Gasteiger partial charge in [0.15, 0.2) is 0 Å². The van der Waals surface area contributed by atoms with E-state index in [-0.39, 0.29) is 12.5 Å². The number of hydrogen-bond donors (Lipinski definition) is 2. The van der Waals surface area contributed by atoms with Crippen molar-refractivity contribution in [2.24, 2.45) is 5.73 Å². The Labute approximate surface area is 106 Å². The fourth-order valence-electron chi connectivity index (χ4n) is 2.24. The van der Waals surface area contributed by atoms with Gasteiger partial charge in [-0.2, -0.15) is 0 Å². The van der Waals surface area contributed by atoms with Gasteiger partial charge in [0.25, 0.3) is 5.91 Å². The number of nitrogens with zero attached hydrogens (tertiary/aromatic N) is 1. The zero-order valence-corrected chi connectivity index (χ0v) is 10.4. The van der Waals surface area contributed by atoms with Gasteiger partial charge in [-0.15, -0.1) is 0 Å². The molecule has 1 aliphatic heterocycles. The fraction of sp³-hybridized carbons (Fsp3) is 0.385. The molecule has 1 aromatic rings. The summed E-state index contributed by atoms with van der Waals surface area (Å²) in [6, 6.07) is 5.70. The van der Waals surface area contributed by atoms with Crippen LogP contribution in [0.5, 0.6) is 0 Å². The maximum Gasteiger partial charge on any atom is 0.254 e. The van der Waals surface area contributed by atoms with E-state index in [0.29, 0.717) is 5.56 Å². The van der Waals surface area contributed by atoms with Gasteiger partial charge in [0.2, 0.25) is 5.91 Å². The molecular weight excluding hydrogens is 230 g/mol. The Hall–Kier alpha value is -1.88. The van der Waals surface area contributed by atoms with Crippen molar-refractivity contribution in [1.29, 1.82) is 0 Å². The number of carbonyl (C=O) groups excluding carboxylic acids is 2. The van der Waals surface area contributed by atoms with Gasteiger partial charge in [-0.1, -0.05) is 12.1 Å². The molecule has 18 heavy (non-hydrogen) atoms. The van der Waals surface area contributed by atoms with Crippen molar-refractivity contribution in [3.05, 3.63) is 34.9 Å². The fourth-order valence-corrected chi connectivity index (χ4v) is 2.24. The molecule has 1 aromatic carbocycles. The highest BCUT2D eigenvalue weighted by atomic mass is 16.2. The number of nitrogens with two attached hydrogens (primary N) is 1. The van der Waals surface area contributed by atoms with Crippen LogP contribution in [0.25, 0.3) is 0 Å². The first-order chi connectivity index (χ1) is 8.59. The van der Waals surface area contributed by atoms with Gasteiger partial charge in [0, 0.05) is 19.2 Å². The second-order valence-corrected chi connectivity index (χ2v) is 4.50. The zero-order chi connectivity index (χ0) is 13.1. The Kier molecular flexibility index (Phi) is 3.62. The predicted molar refractivity (Wildman–Crippen MR) is 68.0 cm³/mol. The molecule has 5 nitrogen and oxygen atoms in total. The molecule has 1 heterocycles. The number of amides is 2. The third-order valence-electron chi connectivity index (χ3n) is 3.11. The summed E-state index contributed by atoms with van der Waals surface area (Å²) in [5.74, 6) is -0.648. The molecule has 0 spiro atoms. The highest BCUT2D eigenvalue weighted by Crippen LogP contribution is 2.19. The van der Waals surface area contributed by atoms with Crippen molar-refractivity contribution in [1.82, 2.24) is 10.2 Å². The first kappa shape index (κ1) is 12.6. The van der Waals surface area contributed by atoms with E-state index in [9.17, 15) is 9.59 Å². The number of carbonyl (C=O) groups is 2. The number of fused-ring (bicyclic) bond motifs is 1. The van der Waals surface area contributed by atoms with Crippen LogP contribution in [0.1, 0.15) is 21.5 Å². The molecule has 0 fully saturated rings. The van der Waals surface area contributed by atoms with Crippen LogP contribution < -0.4 is 11.1 Å². The van der Waals surface area contributed by atoms with Crippen LogP contribution in [-0.2, 0) is 17.8 Å². The molecule has 2 rings (SSSR count). The van der Waals surface area contributed by atoms with E-state index < -0.39 is 5.91 Å². The summed E-state index contributed by atoms with van der Waals surface area (Å²) < 4.78 is 0. The number of rotatable bonds is 3. The van der Waals surface area contributed by atoms with Crippen molar-refractivity contribution in [2.75, 3.05) is 20.1 Å². The lowest BCUT2D eigenvalue weighted by molar-refractivity contribution is -0.118. The van der Waals surface area contributed by atoms with Crippen LogP contribution in [0.4, 0.5) is 0 Å². The average molecular weight is 247 g/mol. The Morgan fingerprint density at radius 3 is 2.94 bits per heavy atom. The summed E-state index contributed by atoms with van der Waals surface area (Å²) in [5.41, 5.74) is 8.02. The van der Waals surface area contributed by atoms with Gasteiger partial charge in [0.1, 0.15) is 0 Å². The van der Waals surface area contributed by atoms with E-state index in [2.05, 4.69) is 5.32 Å². The Balaban J connectivity index is 2.27. The molecule has 5 heteroatoms. The first-order valence-electron chi connectivity index (χ1n) is 5.95. The lowest BCUT2D eigenvalue weighted by Gasteiger charge is -2.22. The smallest absolute Gasteiger partial charge is 0.254 e. The van der Waals surface area contributed by atoms with Crippen molar-refractivity contribution < 1.29 is 9.59 Å². The lowest BCUT2D eigenvalue weighted by atomic mass is 9.95. The second-order valence-electron chi connectivity index (χ2n) is 4.50. The summed E-state index contributed by atoms with van der Waals surface area (Å²) in [6.07, 6.45) is 0.835. The molecule has 0 saturated heterocycles. The van der Waals surface area contributed by atoms with Crippen LogP contribution in [0.3, 0.4) is 0 Å². The van der Waals surface area contributed by atoms with E-state index in [1.54, 1.807) is 7.05 Å². The van der Waals surface area contributed by atoms with Crippen molar-refractivity contribution >= 4 is 11.8 Å². The zero-order valence-electron chi connectivity index (χ0n) is 10.4. The Morgan fingerprint density at radius 1 is 1.44 bits per heavy atom. The van der Waals surface area contributed by atoms with Crippen molar-refractivity contribution in [3.8, 4) is 0 Å². The Morgan fingerprint density at radius 2 is 2.22 bits per heavy atom. The van der Waals surface area contributed by atoms with Crippen molar-refractivity contribution in [2.45, 2.75) is 13.0 Å². The highest BCUT2D eigenvalue weighted by molar-refractivity contribution is 5.97. The van der Waals surface area contributed by atoms with Gasteiger partial charge in [0.05, 0.1) is 6.54 Å². The number of hydrogen-bond acceptors (Lipinski definition) is 3. The highest BCUT2D eigenvalue weighted by Gasteiger charge is 2.20. The maximum absolute atomic E-state index is 12.2. The number of benzene rings is 1. The summed E-state index contributed by atoms with van der Waals surface area (Å²) >= 11 is 0. The van der Waals surface area contributed by atoms with Gasteiger partial charge in [-0.3, -0.25) is 9.59 Å². The molecule has 0 unspecified atom stereocenters. The maximum atomic E-state index is 12.2. The van der Waals surface area contributed by atoms with Crippen LogP contribution in [0.2, 0.25) is 0 Å². The van der Waals surface area contributed by atoms with Crippen LogP contribution >= 0.6 is 0 Å². The van der Waals surface area contributed by atoms with E-state index in [1.807, 2.05) is 18.2 Å². The van der Waals surface area contributed by atoms with E-state index >= 15 is 0 Å². The normalized spacial score (nSPS) is 13.8. The van der Waals surface area contributed by atoms with Gasteiger partial charge in [-0.05, 0) is 30.2 Å². The predicted octanol–water partition coefficient (Wildman–Crippen LogP) is -0.110. The first-order valence-corrected chi connectivity index (χ1v) is 5.95. The summed E-state index contributed by atoms with van der Waals surface area (Å²) in [4.78, 5) is 24.5. The third-order valence-corrected chi connectivity index (χ3v) is 3.11. The molecule has 96 valence electrons. The second kappa shape index (κ2) is 5.18. The number of nitrogens with one attached hydrogen (secondary N) is 1. The third kappa shape index (κ3) is 2.51. The Bertz CT molecular complexity index is 485. The summed E-state index contributed by atoms with van der Waals surface area (Å²) in [6.45, 7) is 1.60. The minimum absolute atomic E-state index is 0.0548. The standard InChI is InChI=1S/C13H17N3O2/c1-16(8-12(14)17)13(18)11-4-2-3-9-7-15-6-5-10(9)11/h2-4,15H,5-8H2,1H3,(H2,14,17).